The molecular formula is C11H20ClN3O. The fraction of sp³-hybridized carbons (Fsp3) is 0.727. The summed E-state index contributed by atoms with van der Waals surface area (Å²) in [5.41, 5.74) is 1.99. The fourth-order valence-corrected chi connectivity index (χ4v) is 1.80. The van der Waals surface area contributed by atoms with E-state index in [-0.39, 0.29) is 6.10 Å². The van der Waals surface area contributed by atoms with Crippen LogP contribution in [0.25, 0.3) is 0 Å². The van der Waals surface area contributed by atoms with Gasteiger partial charge in [-0.3, -0.25) is 4.68 Å². The lowest BCUT2D eigenvalue weighted by atomic mass is 10.2. The molecule has 0 bridgehead atoms. The number of nitrogens with one attached hydrogen (secondary N) is 1. The van der Waals surface area contributed by atoms with Crippen molar-refractivity contribution in [3.63, 3.8) is 0 Å². The Labute approximate surface area is 102 Å². The molecular weight excluding hydrogens is 226 g/mol. The fourth-order valence-electron chi connectivity index (χ4n) is 1.56. The summed E-state index contributed by atoms with van der Waals surface area (Å²) in [6.45, 7) is 5.42. The lowest BCUT2D eigenvalue weighted by Gasteiger charge is -2.08. The largest absolute Gasteiger partial charge is 0.393 e. The van der Waals surface area contributed by atoms with Gasteiger partial charge in [0.1, 0.15) is 5.15 Å². The Kier molecular flexibility index (Phi) is 5.25. The van der Waals surface area contributed by atoms with Crippen LogP contribution in [0.15, 0.2) is 0 Å². The Morgan fingerprint density at radius 1 is 1.56 bits per heavy atom. The summed E-state index contributed by atoms with van der Waals surface area (Å²) in [5.74, 6) is 0. The first kappa shape index (κ1) is 13.5. The topological polar surface area (TPSA) is 50.1 Å². The highest BCUT2D eigenvalue weighted by molar-refractivity contribution is 6.30. The van der Waals surface area contributed by atoms with E-state index in [0.717, 1.165) is 30.6 Å². The van der Waals surface area contributed by atoms with E-state index in [0.29, 0.717) is 11.7 Å². The van der Waals surface area contributed by atoms with Gasteiger partial charge >= 0.3 is 0 Å². The normalized spacial score (nSPS) is 13.1. The molecule has 1 unspecified atom stereocenters. The van der Waals surface area contributed by atoms with Gasteiger partial charge in [-0.05, 0) is 26.3 Å². The second-order valence-corrected chi connectivity index (χ2v) is 4.36. The van der Waals surface area contributed by atoms with Gasteiger partial charge in [0, 0.05) is 19.2 Å². The van der Waals surface area contributed by atoms with E-state index in [4.69, 9.17) is 11.6 Å². The predicted octanol–water partition coefficient (Wildman–Crippen LogP) is 1.63. The molecule has 0 saturated heterocycles. The molecule has 0 aliphatic rings. The van der Waals surface area contributed by atoms with Crippen LogP contribution >= 0.6 is 11.6 Å². The lowest BCUT2D eigenvalue weighted by Crippen LogP contribution is -2.20. The van der Waals surface area contributed by atoms with Gasteiger partial charge in [0.05, 0.1) is 11.8 Å². The first-order valence-electron chi connectivity index (χ1n) is 5.63. The van der Waals surface area contributed by atoms with E-state index in [1.54, 1.807) is 4.68 Å². The van der Waals surface area contributed by atoms with Crippen molar-refractivity contribution < 1.29 is 5.11 Å². The minimum Gasteiger partial charge on any atom is -0.393 e. The van der Waals surface area contributed by atoms with E-state index in [9.17, 15) is 5.11 Å². The molecule has 0 aliphatic carbocycles. The van der Waals surface area contributed by atoms with Crippen molar-refractivity contribution in [1.29, 1.82) is 0 Å². The molecule has 0 amide bonds. The number of nitrogens with zero attached hydrogens (tertiary/aromatic N) is 2. The van der Waals surface area contributed by atoms with Gasteiger partial charge < -0.3 is 10.4 Å². The van der Waals surface area contributed by atoms with Crippen molar-refractivity contribution in [1.82, 2.24) is 15.1 Å². The summed E-state index contributed by atoms with van der Waals surface area (Å²) < 4.78 is 1.68. The Morgan fingerprint density at radius 2 is 2.25 bits per heavy atom. The Bertz CT molecular complexity index is 338. The third-order valence-electron chi connectivity index (χ3n) is 2.70. The predicted molar refractivity (Wildman–Crippen MR) is 65.6 cm³/mol. The van der Waals surface area contributed by atoms with Crippen LogP contribution in [0.2, 0.25) is 5.15 Å². The molecule has 1 rings (SSSR count). The van der Waals surface area contributed by atoms with Gasteiger partial charge in [-0.15, -0.1) is 0 Å². The average Bonchev–Trinajstić information content (AvgIpc) is 2.49. The highest BCUT2D eigenvalue weighted by Crippen LogP contribution is 2.17. The zero-order valence-corrected chi connectivity index (χ0v) is 10.9. The SMILES string of the molecule is CCC(O)CCNCc1c(C)nn(C)c1Cl. The maximum Gasteiger partial charge on any atom is 0.131 e. The average molecular weight is 246 g/mol. The van der Waals surface area contributed by atoms with Crippen molar-refractivity contribution in [3.8, 4) is 0 Å². The highest BCUT2D eigenvalue weighted by atomic mass is 35.5. The molecule has 0 aliphatic heterocycles. The highest BCUT2D eigenvalue weighted by Gasteiger charge is 2.10. The van der Waals surface area contributed by atoms with Crippen molar-refractivity contribution in [2.75, 3.05) is 6.54 Å². The van der Waals surface area contributed by atoms with Gasteiger partial charge in [0.15, 0.2) is 0 Å². The molecule has 0 aromatic carbocycles. The third kappa shape index (κ3) is 3.47. The monoisotopic (exact) mass is 245 g/mol. The van der Waals surface area contributed by atoms with Crippen LogP contribution in [0.3, 0.4) is 0 Å². The number of halogens is 1. The summed E-state index contributed by atoms with van der Waals surface area (Å²) in [4.78, 5) is 0. The summed E-state index contributed by atoms with van der Waals surface area (Å²) in [6, 6.07) is 0. The number of hydrogen-bond acceptors (Lipinski definition) is 3. The Morgan fingerprint density at radius 3 is 2.75 bits per heavy atom. The first-order chi connectivity index (χ1) is 7.56. The lowest BCUT2D eigenvalue weighted by molar-refractivity contribution is 0.159. The molecule has 92 valence electrons. The van der Waals surface area contributed by atoms with Crippen LogP contribution in [0, 0.1) is 6.92 Å². The second-order valence-electron chi connectivity index (χ2n) is 4.01. The molecule has 1 aromatic rings. The first-order valence-corrected chi connectivity index (χ1v) is 6.00. The van der Waals surface area contributed by atoms with Crippen molar-refractivity contribution in [2.45, 2.75) is 39.3 Å². The zero-order chi connectivity index (χ0) is 12.1. The molecule has 0 radical (unpaired) electrons. The second kappa shape index (κ2) is 6.23. The quantitative estimate of drug-likeness (QED) is 0.749. The number of rotatable bonds is 6. The molecule has 0 fully saturated rings. The van der Waals surface area contributed by atoms with Crippen molar-refractivity contribution in [2.24, 2.45) is 7.05 Å². The number of aryl methyl sites for hydroxylation is 2. The molecule has 2 N–H and O–H groups in total. The van der Waals surface area contributed by atoms with Gasteiger partial charge in [0.25, 0.3) is 0 Å². The maximum absolute atomic E-state index is 9.39. The Hall–Kier alpha value is -0.580. The zero-order valence-electron chi connectivity index (χ0n) is 10.1. The molecule has 0 spiro atoms. The molecule has 4 nitrogen and oxygen atoms in total. The molecule has 16 heavy (non-hydrogen) atoms. The van der Waals surface area contributed by atoms with Crippen LogP contribution in [0.5, 0.6) is 0 Å². The molecule has 1 aromatic heterocycles. The summed E-state index contributed by atoms with van der Waals surface area (Å²) in [7, 11) is 1.83. The van der Waals surface area contributed by atoms with Crippen LogP contribution in [0.4, 0.5) is 0 Å². The van der Waals surface area contributed by atoms with E-state index in [1.165, 1.54) is 0 Å². The summed E-state index contributed by atoms with van der Waals surface area (Å²) >= 11 is 6.09. The molecule has 1 atom stereocenters. The number of aliphatic hydroxyl groups is 1. The van der Waals surface area contributed by atoms with Crippen LogP contribution in [-0.2, 0) is 13.6 Å². The van der Waals surface area contributed by atoms with E-state index < -0.39 is 0 Å². The smallest absolute Gasteiger partial charge is 0.131 e. The van der Waals surface area contributed by atoms with Gasteiger partial charge in [-0.1, -0.05) is 18.5 Å². The molecule has 5 heteroatoms. The van der Waals surface area contributed by atoms with E-state index in [1.807, 2.05) is 20.9 Å². The third-order valence-corrected chi connectivity index (χ3v) is 3.17. The van der Waals surface area contributed by atoms with Crippen molar-refractivity contribution >= 4 is 11.6 Å². The number of aromatic nitrogens is 2. The van der Waals surface area contributed by atoms with Crippen LogP contribution in [-0.4, -0.2) is 27.5 Å². The maximum atomic E-state index is 9.39. The minimum atomic E-state index is -0.210. The van der Waals surface area contributed by atoms with Gasteiger partial charge in [-0.25, -0.2) is 0 Å². The van der Waals surface area contributed by atoms with Gasteiger partial charge in [-0.2, -0.15) is 5.10 Å². The summed E-state index contributed by atoms with van der Waals surface area (Å²) in [5, 5.41) is 17.6. The molecule has 0 saturated carbocycles. The van der Waals surface area contributed by atoms with Crippen LogP contribution < -0.4 is 5.32 Å². The number of hydrogen-bond donors (Lipinski definition) is 2. The summed E-state index contributed by atoms with van der Waals surface area (Å²) in [6.07, 6.45) is 1.36. The molecule has 1 heterocycles. The van der Waals surface area contributed by atoms with E-state index in [2.05, 4.69) is 10.4 Å². The van der Waals surface area contributed by atoms with Crippen LogP contribution in [0.1, 0.15) is 31.0 Å². The van der Waals surface area contributed by atoms with Crippen molar-refractivity contribution in [3.05, 3.63) is 16.4 Å². The van der Waals surface area contributed by atoms with E-state index >= 15 is 0 Å². The minimum absolute atomic E-state index is 0.210. The number of aliphatic hydroxyl groups excluding tert-OH is 1. The Balaban J connectivity index is 2.37. The van der Waals surface area contributed by atoms with Gasteiger partial charge in [0.2, 0.25) is 0 Å². The standard InChI is InChI=1S/C11H20ClN3O/c1-4-9(16)5-6-13-7-10-8(2)14-15(3)11(10)12/h9,13,16H,4-7H2,1-3H3.